The third-order valence-electron chi connectivity index (χ3n) is 4.01. The molecule has 6 heteroatoms. The highest BCUT2D eigenvalue weighted by atomic mass is 16.5. The van der Waals surface area contributed by atoms with Crippen LogP contribution >= 0.6 is 0 Å². The van der Waals surface area contributed by atoms with Crippen LogP contribution < -0.4 is 20.7 Å². The number of hydrogen-bond acceptors (Lipinski definition) is 3. The minimum absolute atomic E-state index is 0.0388. The van der Waals surface area contributed by atoms with Crippen LogP contribution in [0.25, 0.3) is 0 Å². The quantitative estimate of drug-likeness (QED) is 0.494. The van der Waals surface area contributed by atoms with Gasteiger partial charge >= 0.3 is 0 Å². The highest BCUT2D eigenvalue weighted by molar-refractivity contribution is 5.90. The summed E-state index contributed by atoms with van der Waals surface area (Å²) < 4.78 is 5.37. The number of benzene rings is 2. The number of amides is 1. The molecule has 144 valence electrons. The van der Waals surface area contributed by atoms with Gasteiger partial charge in [0.25, 0.3) is 0 Å². The van der Waals surface area contributed by atoms with Crippen LogP contribution in [0.15, 0.2) is 53.5 Å². The topological polar surface area (TPSA) is 74.8 Å². The Bertz CT molecular complexity index is 774. The molecule has 2 aromatic carbocycles. The van der Waals surface area contributed by atoms with Gasteiger partial charge in [-0.2, -0.15) is 0 Å². The summed E-state index contributed by atoms with van der Waals surface area (Å²) in [7, 11) is 3.40. The van der Waals surface area contributed by atoms with Crippen LogP contribution in [0.3, 0.4) is 0 Å². The van der Waals surface area contributed by atoms with Crippen molar-refractivity contribution in [3.63, 3.8) is 0 Å². The first-order chi connectivity index (χ1) is 13.2. The predicted octanol–water partition coefficient (Wildman–Crippen LogP) is 3.30. The summed E-state index contributed by atoms with van der Waals surface area (Å²) in [5.41, 5.74) is 2.93. The van der Waals surface area contributed by atoms with Gasteiger partial charge in [0.05, 0.1) is 7.11 Å². The van der Waals surface area contributed by atoms with Crippen molar-refractivity contribution >= 4 is 17.6 Å². The van der Waals surface area contributed by atoms with Crippen molar-refractivity contribution in [3.05, 3.63) is 59.7 Å². The Hall–Kier alpha value is -3.02. The lowest BCUT2D eigenvalue weighted by atomic mass is 10.2. The molecule has 0 atom stereocenters. The van der Waals surface area contributed by atoms with Crippen LogP contribution in [0.2, 0.25) is 0 Å². The van der Waals surface area contributed by atoms with Crippen molar-refractivity contribution in [2.75, 3.05) is 19.5 Å². The number of anilines is 1. The first kappa shape index (κ1) is 20.3. The Morgan fingerprint density at radius 1 is 1.07 bits per heavy atom. The second-order valence-electron chi connectivity index (χ2n) is 6.09. The molecular weight excluding hydrogens is 340 g/mol. The molecule has 27 heavy (non-hydrogen) atoms. The van der Waals surface area contributed by atoms with Crippen LogP contribution in [0.1, 0.15) is 30.9 Å². The number of guanidine groups is 1. The third-order valence-corrected chi connectivity index (χ3v) is 4.01. The van der Waals surface area contributed by atoms with Gasteiger partial charge in [0, 0.05) is 37.8 Å². The van der Waals surface area contributed by atoms with Gasteiger partial charge in [0.2, 0.25) is 5.91 Å². The van der Waals surface area contributed by atoms with E-state index in [0.29, 0.717) is 25.5 Å². The fraction of sp³-hybridized carbons (Fsp3) is 0.333. The van der Waals surface area contributed by atoms with Crippen LogP contribution in [-0.2, 0) is 17.9 Å². The maximum absolute atomic E-state index is 11.7. The van der Waals surface area contributed by atoms with Gasteiger partial charge in [0.1, 0.15) is 5.75 Å². The van der Waals surface area contributed by atoms with Gasteiger partial charge in [-0.15, -0.1) is 0 Å². The average Bonchev–Trinajstić information content (AvgIpc) is 2.69. The summed E-state index contributed by atoms with van der Waals surface area (Å²) in [6.45, 7) is 3.20. The molecule has 0 saturated heterocycles. The molecule has 0 spiro atoms. The fourth-order valence-electron chi connectivity index (χ4n) is 2.64. The molecule has 0 radical (unpaired) electrons. The fourth-order valence-corrected chi connectivity index (χ4v) is 2.64. The Balaban J connectivity index is 1.89. The number of nitrogens with zero attached hydrogens (tertiary/aromatic N) is 1. The minimum atomic E-state index is 0.0388. The summed E-state index contributed by atoms with van der Waals surface area (Å²) in [5.74, 6) is 1.58. The molecule has 1 amide bonds. The summed E-state index contributed by atoms with van der Waals surface area (Å²) >= 11 is 0. The van der Waals surface area contributed by atoms with E-state index in [1.165, 1.54) is 0 Å². The number of aliphatic imine (C=N–C) groups is 1. The second-order valence-corrected chi connectivity index (χ2v) is 6.09. The molecule has 2 rings (SSSR count). The number of nitrogens with one attached hydrogen (secondary N) is 3. The molecule has 0 saturated carbocycles. The monoisotopic (exact) mass is 368 g/mol. The lowest BCUT2D eigenvalue weighted by molar-refractivity contribution is -0.116. The molecule has 0 aliphatic heterocycles. The highest BCUT2D eigenvalue weighted by Crippen LogP contribution is 2.16. The van der Waals surface area contributed by atoms with E-state index in [9.17, 15) is 4.79 Å². The number of rotatable bonds is 8. The van der Waals surface area contributed by atoms with E-state index in [0.717, 1.165) is 29.0 Å². The molecule has 0 aliphatic rings. The Kier molecular flexibility index (Phi) is 8.16. The lowest BCUT2D eigenvalue weighted by Crippen LogP contribution is -2.36. The number of hydrogen-bond donors (Lipinski definition) is 3. The minimum Gasteiger partial charge on any atom is -0.496 e. The predicted molar refractivity (Wildman–Crippen MR) is 110 cm³/mol. The molecule has 0 unspecified atom stereocenters. The van der Waals surface area contributed by atoms with E-state index in [4.69, 9.17) is 4.74 Å². The molecule has 6 nitrogen and oxygen atoms in total. The van der Waals surface area contributed by atoms with Gasteiger partial charge in [-0.1, -0.05) is 37.3 Å². The summed E-state index contributed by atoms with van der Waals surface area (Å²) in [4.78, 5) is 16.0. The molecule has 0 heterocycles. The maximum Gasteiger partial charge on any atom is 0.224 e. The highest BCUT2D eigenvalue weighted by Gasteiger charge is 2.05. The first-order valence-electron chi connectivity index (χ1n) is 9.11. The van der Waals surface area contributed by atoms with Gasteiger partial charge < -0.3 is 20.7 Å². The molecule has 0 bridgehead atoms. The van der Waals surface area contributed by atoms with Crippen LogP contribution in [-0.4, -0.2) is 26.0 Å². The van der Waals surface area contributed by atoms with E-state index in [1.54, 1.807) is 14.2 Å². The first-order valence-corrected chi connectivity index (χ1v) is 9.11. The number of carbonyl (C=O) groups is 1. The van der Waals surface area contributed by atoms with Crippen LogP contribution in [0.4, 0.5) is 5.69 Å². The van der Waals surface area contributed by atoms with Crippen LogP contribution in [0, 0.1) is 0 Å². The number of para-hydroxylation sites is 1. The summed E-state index contributed by atoms with van der Waals surface area (Å²) in [6, 6.07) is 15.7. The van der Waals surface area contributed by atoms with Crippen molar-refractivity contribution in [2.24, 2.45) is 4.99 Å². The smallest absolute Gasteiger partial charge is 0.224 e. The zero-order valence-electron chi connectivity index (χ0n) is 16.2. The van der Waals surface area contributed by atoms with E-state index >= 15 is 0 Å². The SMILES string of the molecule is CCCC(=O)Nc1cccc(CNC(=NC)NCc2ccccc2OC)c1. The van der Waals surface area contributed by atoms with Gasteiger partial charge in [0.15, 0.2) is 5.96 Å². The Labute approximate surface area is 161 Å². The van der Waals surface area contributed by atoms with Crippen LogP contribution in [0.5, 0.6) is 5.75 Å². The number of ether oxygens (including phenoxy) is 1. The molecule has 3 N–H and O–H groups in total. The zero-order chi connectivity index (χ0) is 19.5. The molecule has 0 aliphatic carbocycles. The van der Waals surface area contributed by atoms with Gasteiger partial charge in [-0.05, 0) is 30.2 Å². The average molecular weight is 368 g/mol. The van der Waals surface area contributed by atoms with Gasteiger partial charge in [-0.25, -0.2) is 0 Å². The van der Waals surface area contributed by atoms with Gasteiger partial charge in [-0.3, -0.25) is 9.79 Å². The molecular formula is C21H28N4O2. The largest absolute Gasteiger partial charge is 0.496 e. The van der Waals surface area contributed by atoms with E-state index < -0.39 is 0 Å². The standard InChI is InChI=1S/C21H28N4O2/c1-4-8-20(26)25-18-11-7-9-16(13-18)14-23-21(22-2)24-15-17-10-5-6-12-19(17)27-3/h5-7,9-13H,4,8,14-15H2,1-3H3,(H,25,26)(H2,22,23,24). The summed E-state index contributed by atoms with van der Waals surface area (Å²) in [6.07, 6.45) is 1.36. The van der Waals surface area contributed by atoms with Crippen molar-refractivity contribution in [2.45, 2.75) is 32.9 Å². The normalized spacial score (nSPS) is 11.0. The van der Waals surface area contributed by atoms with E-state index in [-0.39, 0.29) is 5.91 Å². The lowest BCUT2D eigenvalue weighted by Gasteiger charge is -2.14. The number of methoxy groups -OCH3 is 1. The molecule has 2 aromatic rings. The van der Waals surface area contributed by atoms with Crippen molar-refractivity contribution in [3.8, 4) is 5.75 Å². The molecule has 0 fully saturated rings. The molecule has 0 aromatic heterocycles. The van der Waals surface area contributed by atoms with E-state index in [2.05, 4.69) is 20.9 Å². The van der Waals surface area contributed by atoms with Crippen molar-refractivity contribution in [1.82, 2.24) is 10.6 Å². The second kappa shape index (κ2) is 10.9. The number of carbonyl (C=O) groups excluding carboxylic acids is 1. The maximum atomic E-state index is 11.7. The zero-order valence-corrected chi connectivity index (χ0v) is 16.2. The van der Waals surface area contributed by atoms with E-state index in [1.807, 2.05) is 55.5 Å². The van der Waals surface area contributed by atoms with Crippen molar-refractivity contribution in [1.29, 1.82) is 0 Å². The third kappa shape index (κ3) is 6.66. The Morgan fingerprint density at radius 3 is 2.59 bits per heavy atom. The Morgan fingerprint density at radius 2 is 1.85 bits per heavy atom. The van der Waals surface area contributed by atoms with Crippen molar-refractivity contribution < 1.29 is 9.53 Å². The summed E-state index contributed by atoms with van der Waals surface area (Å²) in [5, 5.41) is 9.49.